The second-order valence-electron chi connectivity index (χ2n) is 10.1. The first-order valence-electron chi connectivity index (χ1n) is 13.0. The highest BCUT2D eigenvalue weighted by Gasteiger charge is 2.33. The van der Waals surface area contributed by atoms with Crippen LogP contribution in [0.15, 0.2) is 66.7 Å². The van der Waals surface area contributed by atoms with Crippen LogP contribution in [0.25, 0.3) is 0 Å². The zero-order valence-electron chi connectivity index (χ0n) is 22.0. The smallest absolute Gasteiger partial charge is 0.265 e. The summed E-state index contributed by atoms with van der Waals surface area (Å²) in [5.41, 5.74) is 4.55. The Morgan fingerprint density at radius 3 is 2.51 bits per heavy atom. The van der Waals surface area contributed by atoms with Crippen molar-refractivity contribution in [3.05, 3.63) is 94.8 Å². The second kappa shape index (κ2) is 11.6. The van der Waals surface area contributed by atoms with Crippen LogP contribution in [0, 0.1) is 18.7 Å². The minimum atomic E-state index is -0.686. The summed E-state index contributed by atoms with van der Waals surface area (Å²) in [6, 6.07) is 19.4. The third-order valence-electron chi connectivity index (χ3n) is 6.67. The summed E-state index contributed by atoms with van der Waals surface area (Å²) in [6.45, 7) is 8.50. The number of anilines is 1. The molecular formula is C31H35FN2O3. The molecule has 1 heterocycles. The predicted molar refractivity (Wildman–Crippen MR) is 144 cm³/mol. The number of aryl methyl sites for hydroxylation is 1. The predicted octanol–water partition coefficient (Wildman–Crippen LogP) is 6.45. The van der Waals surface area contributed by atoms with Gasteiger partial charge >= 0.3 is 0 Å². The van der Waals surface area contributed by atoms with Gasteiger partial charge < -0.3 is 15.0 Å². The molecule has 0 radical (unpaired) electrons. The van der Waals surface area contributed by atoms with Gasteiger partial charge in [0.05, 0.1) is 6.04 Å². The average molecular weight is 503 g/mol. The van der Waals surface area contributed by atoms with Crippen molar-refractivity contribution in [3.63, 3.8) is 0 Å². The summed E-state index contributed by atoms with van der Waals surface area (Å²) in [4.78, 5) is 28.0. The molecule has 1 aliphatic rings. The highest BCUT2D eigenvalue weighted by atomic mass is 19.1. The summed E-state index contributed by atoms with van der Waals surface area (Å²) in [5, 5.41) is 2.93. The van der Waals surface area contributed by atoms with Gasteiger partial charge in [-0.05, 0) is 78.8 Å². The quantitative estimate of drug-likeness (QED) is 0.385. The Labute approximate surface area is 218 Å². The molecule has 2 unspecified atom stereocenters. The summed E-state index contributed by atoms with van der Waals surface area (Å²) in [7, 11) is 0. The monoisotopic (exact) mass is 502 g/mol. The molecule has 6 heteroatoms. The molecule has 0 saturated carbocycles. The van der Waals surface area contributed by atoms with E-state index >= 15 is 0 Å². The topological polar surface area (TPSA) is 58.6 Å². The molecule has 0 bridgehead atoms. The molecule has 37 heavy (non-hydrogen) atoms. The van der Waals surface area contributed by atoms with Crippen molar-refractivity contribution in [2.75, 3.05) is 11.9 Å². The number of amides is 2. The summed E-state index contributed by atoms with van der Waals surface area (Å²) >= 11 is 0. The van der Waals surface area contributed by atoms with Gasteiger partial charge in [-0.2, -0.15) is 0 Å². The van der Waals surface area contributed by atoms with Gasteiger partial charge in [-0.25, -0.2) is 4.39 Å². The largest absolute Gasteiger partial charge is 0.481 e. The van der Waals surface area contributed by atoms with Gasteiger partial charge in [0.2, 0.25) is 5.91 Å². The highest BCUT2D eigenvalue weighted by Crippen LogP contribution is 2.38. The lowest BCUT2D eigenvalue weighted by atomic mass is 9.87. The third-order valence-corrected chi connectivity index (χ3v) is 6.67. The van der Waals surface area contributed by atoms with Crippen molar-refractivity contribution < 1.29 is 18.7 Å². The number of ether oxygens (including phenoxy) is 1. The van der Waals surface area contributed by atoms with Gasteiger partial charge in [-0.1, -0.05) is 56.7 Å². The van der Waals surface area contributed by atoms with Crippen molar-refractivity contribution in [1.82, 2.24) is 4.90 Å². The molecule has 0 spiro atoms. The fraction of sp³-hybridized carbons (Fsp3) is 0.355. The maximum absolute atomic E-state index is 14.3. The van der Waals surface area contributed by atoms with Gasteiger partial charge in [0.25, 0.3) is 5.91 Å². The molecule has 0 aliphatic carbocycles. The molecule has 3 aromatic carbocycles. The summed E-state index contributed by atoms with van der Waals surface area (Å²) < 4.78 is 20.4. The number of carbonyl (C=O) groups excluding carboxylic acids is 2. The number of rotatable bonds is 8. The van der Waals surface area contributed by atoms with Crippen molar-refractivity contribution in [2.24, 2.45) is 5.92 Å². The van der Waals surface area contributed by atoms with Crippen molar-refractivity contribution >= 4 is 17.5 Å². The van der Waals surface area contributed by atoms with Crippen LogP contribution in [-0.2, 0) is 16.0 Å². The lowest BCUT2D eigenvalue weighted by Crippen LogP contribution is -2.41. The first-order valence-corrected chi connectivity index (χ1v) is 13.0. The Balaban J connectivity index is 1.63. The number of benzene rings is 3. The number of hydrogen-bond donors (Lipinski definition) is 1. The molecular weight excluding hydrogens is 467 g/mol. The van der Waals surface area contributed by atoms with E-state index in [1.807, 2.05) is 81.1 Å². The van der Waals surface area contributed by atoms with Crippen LogP contribution < -0.4 is 10.1 Å². The maximum atomic E-state index is 14.3. The lowest BCUT2D eigenvalue weighted by molar-refractivity contribution is -0.134. The molecule has 4 rings (SSSR count). The molecule has 2 amide bonds. The third kappa shape index (κ3) is 6.37. The Morgan fingerprint density at radius 1 is 1.08 bits per heavy atom. The minimum Gasteiger partial charge on any atom is -0.481 e. The SMILES string of the molecule is CCC(Oc1ccc2c(c1)C(c1cccc(F)c1)N(C(=O)CC(C)C)CC2)C(=O)Nc1ccc(C)cc1. The van der Waals surface area contributed by atoms with Crippen LogP contribution in [0.5, 0.6) is 5.75 Å². The first kappa shape index (κ1) is 26.4. The molecule has 1 N–H and O–H groups in total. The number of carbonyl (C=O) groups is 2. The zero-order valence-corrected chi connectivity index (χ0v) is 22.0. The minimum absolute atomic E-state index is 0.0464. The van der Waals surface area contributed by atoms with E-state index in [1.165, 1.54) is 12.1 Å². The number of halogens is 1. The molecule has 3 aromatic rings. The van der Waals surface area contributed by atoms with Crippen molar-refractivity contribution in [3.8, 4) is 5.75 Å². The van der Waals surface area contributed by atoms with E-state index in [9.17, 15) is 14.0 Å². The number of hydrogen-bond acceptors (Lipinski definition) is 3. The van der Waals surface area contributed by atoms with Crippen molar-refractivity contribution in [1.29, 1.82) is 0 Å². The van der Waals surface area contributed by atoms with Crippen LogP contribution in [0.4, 0.5) is 10.1 Å². The standard InChI is InChI=1S/C31H35FN2O3/c1-5-28(31(36)33-25-12-9-21(4)10-13-25)37-26-14-11-22-15-16-34(29(35)17-20(2)3)30(27(22)19-26)23-7-6-8-24(32)18-23/h6-14,18-20,28,30H,5,15-17H2,1-4H3,(H,33,36). The van der Waals surface area contributed by atoms with Crippen molar-refractivity contribution in [2.45, 2.75) is 59.1 Å². The average Bonchev–Trinajstić information content (AvgIpc) is 2.87. The van der Waals surface area contributed by atoms with Crippen LogP contribution in [0.2, 0.25) is 0 Å². The number of nitrogens with one attached hydrogen (secondary N) is 1. The number of nitrogens with zero attached hydrogens (tertiary/aromatic N) is 1. The lowest BCUT2D eigenvalue weighted by Gasteiger charge is -2.38. The van der Waals surface area contributed by atoms with E-state index in [0.717, 1.165) is 22.3 Å². The fourth-order valence-corrected chi connectivity index (χ4v) is 4.78. The van der Waals surface area contributed by atoms with E-state index in [2.05, 4.69) is 5.32 Å². The highest BCUT2D eigenvalue weighted by molar-refractivity contribution is 5.94. The van der Waals surface area contributed by atoms with Gasteiger partial charge in [0, 0.05) is 18.7 Å². The Hall–Kier alpha value is -3.67. The van der Waals surface area contributed by atoms with E-state index in [1.54, 1.807) is 6.07 Å². The second-order valence-corrected chi connectivity index (χ2v) is 10.1. The van der Waals surface area contributed by atoms with Gasteiger partial charge in [0.15, 0.2) is 6.10 Å². The molecule has 0 saturated heterocycles. The Bertz CT molecular complexity index is 1260. The van der Waals surface area contributed by atoms with Crippen LogP contribution in [-0.4, -0.2) is 29.4 Å². The van der Waals surface area contributed by atoms with E-state index in [-0.39, 0.29) is 23.5 Å². The molecule has 0 fully saturated rings. The Morgan fingerprint density at radius 2 is 1.84 bits per heavy atom. The molecule has 1 aliphatic heterocycles. The molecule has 194 valence electrons. The maximum Gasteiger partial charge on any atom is 0.265 e. The zero-order chi connectivity index (χ0) is 26.5. The normalized spacial score (nSPS) is 15.7. The van der Waals surface area contributed by atoms with Crippen LogP contribution in [0.3, 0.4) is 0 Å². The van der Waals surface area contributed by atoms with Crippen LogP contribution in [0.1, 0.15) is 61.9 Å². The molecule has 5 nitrogen and oxygen atoms in total. The summed E-state index contributed by atoms with van der Waals surface area (Å²) in [6.07, 6.45) is 0.931. The first-order chi connectivity index (χ1) is 17.7. The number of fused-ring (bicyclic) bond motifs is 1. The van der Waals surface area contributed by atoms with Gasteiger partial charge in [0.1, 0.15) is 11.6 Å². The molecule has 2 atom stereocenters. The van der Waals surface area contributed by atoms with E-state index in [0.29, 0.717) is 37.2 Å². The van der Waals surface area contributed by atoms with E-state index < -0.39 is 12.1 Å². The Kier molecular flexibility index (Phi) is 8.27. The molecule has 0 aromatic heterocycles. The van der Waals surface area contributed by atoms with Gasteiger partial charge in [-0.15, -0.1) is 0 Å². The fourth-order valence-electron chi connectivity index (χ4n) is 4.78. The van der Waals surface area contributed by atoms with E-state index in [4.69, 9.17) is 4.74 Å². The van der Waals surface area contributed by atoms with Gasteiger partial charge in [-0.3, -0.25) is 9.59 Å². The summed E-state index contributed by atoms with van der Waals surface area (Å²) in [5.74, 6) is 0.245. The van der Waals surface area contributed by atoms with Crippen LogP contribution >= 0.6 is 0 Å².